The molecular formula is C15H16F4N2. The molecule has 2 rings (SSSR count). The fourth-order valence-electron chi connectivity index (χ4n) is 2.64. The standard InChI is InChI=1S/C15H16F4N2/c16-13-3-1-11(2-4-13)9-14(10-20)21-7-5-12(6-8-21)15(17,18)19/h1-4,12,14H,5-9H2. The Morgan fingerprint density at radius 3 is 2.24 bits per heavy atom. The van der Waals surface area contributed by atoms with Crippen LogP contribution in [0.25, 0.3) is 0 Å². The van der Waals surface area contributed by atoms with Crippen molar-refractivity contribution >= 4 is 0 Å². The summed E-state index contributed by atoms with van der Waals surface area (Å²) in [5, 5.41) is 9.23. The van der Waals surface area contributed by atoms with Crippen LogP contribution in [0.15, 0.2) is 24.3 Å². The maximum Gasteiger partial charge on any atom is 0.391 e. The number of nitriles is 1. The van der Waals surface area contributed by atoms with Crippen LogP contribution in [-0.4, -0.2) is 30.2 Å². The second-order valence-electron chi connectivity index (χ2n) is 5.33. The number of hydrogen-bond donors (Lipinski definition) is 0. The second kappa shape index (κ2) is 6.44. The molecule has 1 unspecified atom stereocenters. The minimum absolute atomic E-state index is 0.0328. The molecule has 114 valence electrons. The van der Waals surface area contributed by atoms with Gasteiger partial charge in [0.15, 0.2) is 0 Å². The topological polar surface area (TPSA) is 27.0 Å². The summed E-state index contributed by atoms with van der Waals surface area (Å²) in [5.74, 6) is -1.61. The van der Waals surface area contributed by atoms with E-state index in [-0.39, 0.29) is 31.7 Å². The van der Waals surface area contributed by atoms with Gasteiger partial charge in [0.25, 0.3) is 0 Å². The smallest absolute Gasteiger partial charge is 0.288 e. The van der Waals surface area contributed by atoms with E-state index in [0.717, 1.165) is 5.56 Å². The SMILES string of the molecule is N#CC(Cc1ccc(F)cc1)N1CCC(C(F)(F)F)CC1. The Morgan fingerprint density at radius 1 is 1.19 bits per heavy atom. The lowest BCUT2D eigenvalue weighted by atomic mass is 9.94. The first-order chi connectivity index (χ1) is 9.90. The average Bonchev–Trinajstić information content (AvgIpc) is 2.46. The monoisotopic (exact) mass is 300 g/mol. The summed E-state index contributed by atoms with van der Waals surface area (Å²) in [6, 6.07) is 7.51. The first-order valence-electron chi connectivity index (χ1n) is 6.85. The van der Waals surface area contributed by atoms with E-state index in [1.807, 2.05) is 0 Å². The molecule has 1 saturated heterocycles. The van der Waals surface area contributed by atoms with E-state index in [4.69, 9.17) is 0 Å². The molecule has 1 fully saturated rings. The molecule has 1 heterocycles. The lowest BCUT2D eigenvalue weighted by Crippen LogP contribution is -2.44. The minimum atomic E-state index is -4.15. The molecule has 1 aromatic rings. The fourth-order valence-corrected chi connectivity index (χ4v) is 2.64. The van der Waals surface area contributed by atoms with Gasteiger partial charge >= 0.3 is 6.18 Å². The molecule has 1 atom stereocenters. The molecule has 1 aromatic carbocycles. The lowest BCUT2D eigenvalue weighted by molar-refractivity contribution is -0.185. The molecule has 2 nitrogen and oxygen atoms in total. The normalized spacial score (nSPS) is 19.2. The van der Waals surface area contributed by atoms with Crippen LogP contribution >= 0.6 is 0 Å². The van der Waals surface area contributed by atoms with Crippen LogP contribution in [0.4, 0.5) is 17.6 Å². The highest BCUT2D eigenvalue weighted by atomic mass is 19.4. The number of nitrogens with zero attached hydrogens (tertiary/aromatic N) is 2. The van der Waals surface area contributed by atoms with E-state index in [1.165, 1.54) is 12.1 Å². The third kappa shape index (κ3) is 4.18. The van der Waals surface area contributed by atoms with E-state index >= 15 is 0 Å². The first kappa shape index (κ1) is 15.8. The van der Waals surface area contributed by atoms with Gasteiger partial charge in [-0.1, -0.05) is 12.1 Å². The molecule has 1 aliphatic rings. The van der Waals surface area contributed by atoms with Crippen molar-refractivity contribution in [1.82, 2.24) is 4.90 Å². The van der Waals surface area contributed by atoms with Gasteiger partial charge in [-0.25, -0.2) is 4.39 Å². The van der Waals surface area contributed by atoms with E-state index in [9.17, 15) is 22.8 Å². The number of rotatable bonds is 3. The summed E-state index contributed by atoms with van der Waals surface area (Å²) in [5.41, 5.74) is 0.806. The highest BCUT2D eigenvalue weighted by Gasteiger charge is 2.41. The van der Waals surface area contributed by atoms with Crippen LogP contribution < -0.4 is 0 Å². The molecule has 0 amide bonds. The van der Waals surface area contributed by atoms with Crippen LogP contribution in [0.2, 0.25) is 0 Å². The first-order valence-corrected chi connectivity index (χ1v) is 6.85. The quantitative estimate of drug-likeness (QED) is 0.798. The maximum atomic E-state index is 12.8. The number of piperidine rings is 1. The zero-order chi connectivity index (χ0) is 15.5. The van der Waals surface area contributed by atoms with Crippen LogP contribution in [0.5, 0.6) is 0 Å². The Morgan fingerprint density at radius 2 is 1.76 bits per heavy atom. The van der Waals surface area contributed by atoms with Gasteiger partial charge in [-0.05, 0) is 43.6 Å². The number of hydrogen-bond acceptors (Lipinski definition) is 2. The second-order valence-corrected chi connectivity index (χ2v) is 5.33. The molecule has 0 radical (unpaired) electrons. The Hall–Kier alpha value is -1.61. The molecule has 0 spiro atoms. The van der Waals surface area contributed by atoms with Gasteiger partial charge in [-0.15, -0.1) is 0 Å². The summed E-state index contributed by atoms with van der Waals surface area (Å²) < 4.78 is 50.7. The Balaban J connectivity index is 1.94. The lowest BCUT2D eigenvalue weighted by Gasteiger charge is -2.35. The summed E-state index contributed by atoms with van der Waals surface area (Å²) in [6.45, 7) is 0.535. The predicted octanol–water partition coefficient (Wildman–Crippen LogP) is 3.53. The van der Waals surface area contributed by atoms with E-state index in [2.05, 4.69) is 6.07 Å². The highest BCUT2D eigenvalue weighted by molar-refractivity contribution is 5.19. The predicted molar refractivity (Wildman–Crippen MR) is 69.9 cm³/mol. The molecule has 0 aliphatic carbocycles. The molecule has 0 N–H and O–H groups in total. The van der Waals surface area contributed by atoms with Crippen LogP contribution in [0.1, 0.15) is 18.4 Å². The Bertz CT molecular complexity index is 496. The zero-order valence-electron chi connectivity index (χ0n) is 11.4. The van der Waals surface area contributed by atoms with Crippen molar-refractivity contribution in [2.45, 2.75) is 31.5 Å². The molecule has 0 saturated carbocycles. The molecule has 0 bridgehead atoms. The molecule has 0 aromatic heterocycles. The van der Waals surface area contributed by atoms with Crippen molar-refractivity contribution in [1.29, 1.82) is 5.26 Å². The van der Waals surface area contributed by atoms with Crippen LogP contribution in [0, 0.1) is 23.1 Å². The molecule has 1 aliphatic heterocycles. The third-order valence-electron chi connectivity index (χ3n) is 3.92. The summed E-state index contributed by atoms with van der Waals surface area (Å²) in [6.07, 6.45) is -3.69. The van der Waals surface area contributed by atoms with Gasteiger partial charge in [0.1, 0.15) is 11.9 Å². The van der Waals surface area contributed by atoms with Crippen molar-refractivity contribution in [2.75, 3.05) is 13.1 Å². The van der Waals surface area contributed by atoms with Gasteiger partial charge in [0.05, 0.1) is 12.0 Å². The van der Waals surface area contributed by atoms with Crippen molar-refractivity contribution in [3.63, 3.8) is 0 Å². The van der Waals surface area contributed by atoms with Gasteiger partial charge in [-0.3, -0.25) is 4.90 Å². The van der Waals surface area contributed by atoms with E-state index in [1.54, 1.807) is 17.0 Å². The summed E-state index contributed by atoms with van der Waals surface area (Å²) in [4.78, 5) is 1.78. The van der Waals surface area contributed by atoms with Crippen molar-refractivity contribution in [2.24, 2.45) is 5.92 Å². The number of halogens is 4. The fraction of sp³-hybridized carbons (Fsp3) is 0.533. The van der Waals surface area contributed by atoms with Crippen LogP contribution in [0.3, 0.4) is 0 Å². The molecular weight excluding hydrogens is 284 g/mol. The van der Waals surface area contributed by atoms with E-state index in [0.29, 0.717) is 6.42 Å². The largest absolute Gasteiger partial charge is 0.391 e. The number of likely N-dealkylation sites (tertiary alicyclic amines) is 1. The van der Waals surface area contributed by atoms with Gasteiger partial charge in [0, 0.05) is 6.42 Å². The Kier molecular flexibility index (Phi) is 4.84. The molecule has 6 heteroatoms. The van der Waals surface area contributed by atoms with Crippen LogP contribution in [-0.2, 0) is 6.42 Å². The average molecular weight is 300 g/mol. The molecule has 21 heavy (non-hydrogen) atoms. The maximum absolute atomic E-state index is 12.8. The number of benzene rings is 1. The minimum Gasteiger partial charge on any atom is -0.288 e. The summed E-state index contributed by atoms with van der Waals surface area (Å²) >= 11 is 0. The van der Waals surface area contributed by atoms with Crippen molar-refractivity contribution in [3.8, 4) is 6.07 Å². The Labute approximate surface area is 121 Å². The third-order valence-corrected chi connectivity index (χ3v) is 3.92. The highest BCUT2D eigenvalue weighted by Crippen LogP contribution is 2.34. The van der Waals surface area contributed by atoms with E-state index < -0.39 is 18.1 Å². The van der Waals surface area contributed by atoms with Gasteiger partial charge in [0.2, 0.25) is 0 Å². The van der Waals surface area contributed by atoms with Gasteiger partial charge < -0.3 is 0 Å². The van der Waals surface area contributed by atoms with Crippen molar-refractivity contribution in [3.05, 3.63) is 35.6 Å². The van der Waals surface area contributed by atoms with Crippen molar-refractivity contribution < 1.29 is 17.6 Å². The van der Waals surface area contributed by atoms with Gasteiger partial charge in [-0.2, -0.15) is 18.4 Å². The zero-order valence-corrected chi connectivity index (χ0v) is 11.4. The summed E-state index contributed by atoms with van der Waals surface area (Å²) in [7, 11) is 0. The number of alkyl halides is 3.